The Morgan fingerprint density at radius 3 is 2.71 bits per heavy atom. The van der Waals surface area contributed by atoms with Crippen LogP contribution in [0.5, 0.6) is 0 Å². The second-order valence-electron chi connectivity index (χ2n) is 10.1. The quantitative estimate of drug-likeness (QED) is 0.612. The van der Waals surface area contributed by atoms with E-state index in [1.54, 1.807) is 6.08 Å². The van der Waals surface area contributed by atoms with Gasteiger partial charge in [0, 0.05) is 56.4 Å². The summed E-state index contributed by atoms with van der Waals surface area (Å²) in [5.74, 6) is 0. The Kier molecular flexibility index (Phi) is 5.68. The molecule has 0 amide bonds. The number of anilines is 2. The molecule has 0 radical (unpaired) electrons. The van der Waals surface area contributed by atoms with Gasteiger partial charge in [0.2, 0.25) is 0 Å². The summed E-state index contributed by atoms with van der Waals surface area (Å²) in [5, 5.41) is 27.2. The molecule has 5 rings (SSSR count). The maximum absolute atomic E-state index is 10.5. The number of piperazine rings is 1. The van der Waals surface area contributed by atoms with E-state index in [1.807, 2.05) is 31.2 Å². The highest BCUT2D eigenvalue weighted by Crippen LogP contribution is 2.42. The number of nitrogens with one attached hydrogen (secondary N) is 1. The van der Waals surface area contributed by atoms with Crippen molar-refractivity contribution in [2.75, 3.05) is 36.0 Å². The van der Waals surface area contributed by atoms with Crippen molar-refractivity contribution in [3.63, 3.8) is 0 Å². The standard InChI is InChI=1S/C27H32N6O/c1-18-13-31(24-8-5-19(12-29)10-20(24)4-3-9-28)15-25-23-7-6-22(11-21(23)14-33(18)25)32-16-26(30)27(2,34)17-32/h3-11,18,25-26,28,34H,13-17,30H2,1-2H3/b4-3-,28-9?/t18-,25-,26+,27+/m1/s1. The SMILES string of the molecule is C[C@@H]1CN(c2ccc(C#N)cc2/C=C\C=N)C[C@@H]2c3ccc(N4C[C@H](N)[C@@](C)(O)C4)cc3CN12. The van der Waals surface area contributed by atoms with Crippen LogP contribution in [0.2, 0.25) is 0 Å². The lowest BCUT2D eigenvalue weighted by Crippen LogP contribution is -2.51. The van der Waals surface area contributed by atoms with Gasteiger partial charge in [-0.1, -0.05) is 12.1 Å². The molecule has 0 unspecified atom stereocenters. The number of hydrogen-bond acceptors (Lipinski definition) is 7. The molecule has 3 aliphatic heterocycles. The summed E-state index contributed by atoms with van der Waals surface area (Å²) in [6.45, 7) is 8.00. The van der Waals surface area contributed by atoms with Gasteiger partial charge in [-0.2, -0.15) is 5.26 Å². The van der Waals surface area contributed by atoms with Crippen LogP contribution in [-0.4, -0.2) is 60.1 Å². The van der Waals surface area contributed by atoms with Crippen molar-refractivity contribution in [1.82, 2.24) is 4.90 Å². The number of β-amino-alcohol motifs (C(OH)–C–C–N with tert-alkyl or cyclic N) is 1. The third-order valence-electron chi connectivity index (χ3n) is 7.64. The van der Waals surface area contributed by atoms with Gasteiger partial charge in [-0.25, -0.2) is 0 Å². The summed E-state index contributed by atoms with van der Waals surface area (Å²) in [7, 11) is 0. The summed E-state index contributed by atoms with van der Waals surface area (Å²) >= 11 is 0. The van der Waals surface area contributed by atoms with Crippen LogP contribution in [0.25, 0.3) is 6.08 Å². The van der Waals surface area contributed by atoms with Crippen molar-refractivity contribution < 1.29 is 5.11 Å². The molecule has 2 aromatic carbocycles. The van der Waals surface area contributed by atoms with Crippen molar-refractivity contribution in [3.05, 3.63) is 64.7 Å². The fraction of sp³-hybridized carbons (Fsp3) is 0.407. The van der Waals surface area contributed by atoms with E-state index in [-0.39, 0.29) is 6.04 Å². The van der Waals surface area contributed by atoms with Crippen LogP contribution in [0.1, 0.15) is 42.1 Å². The summed E-state index contributed by atoms with van der Waals surface area (Å²) < 4.78 is 0. The maximum atomic E-state index is 10.5. The van der Waals surface area contributed by atoms with Gasteiger partial charge < -0.3 is 26.0 Å². The Labute approximate surface area is 201 Å². The molecule has 2 aromatic rings. The molecule has 3 heterocycles. The lowest BCUT2D eigenvalue weighted by Gasteiger charge is -2.44. The predicted octanol–water partition coefficient (Wildman–Crippen LogP) is 2.88. The Morgan fingerprint density at radius 2 is 2.00 bits per heavy atom. The van der Waals surface area contributed by atoms with Crippen LogP contribution in [0.3, 0.4) is 0 Å². The number of nitriles is 1. The van der Waals surface area contributed by atoms with Crippen LogP contribution < -0.4 is 15.5 Å². The Bertz CT molecular complexity index is 1180. The Morgan fingerprint density at radius 1 is 1.18 bits per heavy atom. The number of nitrogens with zero attached hydrogens (tertiary/aromatic N) is 4. The van der Waals surface area contributed by atoms with E-state index >= 15 is 0 Å². The molecule has 0 aromatic heterocycles. The number of aliphatic hydroxyl groups is 1. The molecule has 7 nitrogen and oxygen atoms in total. The minimum atomic E-state index is -0.865. The predicted molar refractivity (Wildman–Crippen MR) is 136 cm³/mol. The highest BCUT2D eigenvalue weighted by molar-refractivity contribution is 5.80. The molecule has 2 saturated heterocycles. The highest BCUT2D eigenvalue weighted by Gasteiger charge is 2.41. The number of fused-ring (bicyclic) bond motifs is 3. The monoisotopic (exact) mass is 456 g/mol. The molecular weight excluding hydrogens is 424 g/mol. The van der Waals surface area contributed by atoms with E-state index < -0.39 is 5.60 Å². The minimum Gasteiger partial charge on any atom is -0.387 e. The zero-order valence-electron chi connectivity index (χ0n) is 19.8. The third-order valence-corrected chi connectivity index (χ3v) is 7.64. The molecule has 4 N–H and O–H groups in total. The van der Waals surface area contributed by atoms with Crippen LogP contribution in [0.15, 0.2) is 42.5 Å². The fourth-order valence-corrected chi connectivity index (χ4v) is 5.70. The lowest BCUT2D eigenvalue weighted by molar-refractivity contribution is 0.0674. The molecule has 2 fully saturated rings. The van der Waals surface area contributed by atoms with Crippen molar-refractivity contribution in [2.45, 2.75) is 44.1 Å². The maximum Gasteiger partial charge on any atom is 0.0991 e. The smallest absolute Gasteiger partial charge is 0.0991 e. The van der Waals surface area contributed by atoms with Crippen LogP contribution in [-0.2, 0) is 6.54 Å². The Hall–Kier alpha value is -3.18. The van der Waals surface area contributed by atoms with Crippen molar-refractivity contribution in [3.8, 4) is 6.07 Å². The van der Waals surface area contributed by atoms with E-state index in [0.717, 1.165) is 36.6 Å². The van der Waals surface area contributed by atoms with E-state index in [4.69, 9.17) is 11.1 Å². The average molecular weight is 457 g/mol. The number of nitrogens with two attached hydrogens (primary N) is 1. The van der Waals surface area contributed by atoms with Crippen LogP contribution in [0, 0.1) is 16.7 Å². The van der Waals surface area contributed by atoms with Crippen molar-refractivity contribution in [1.29, 1.82) is 10.7 Å². The molecule has 176 valence electrons. The van der Waals surface area contributed by atoms with Gasteiger partial charge in [0.05, 0.1) is 29.3 Å². The third kappa shape index (κ3) is 3.88. The zero-order chi connectivity index (χ0) is 24.0. The van der Waals surface area contributed by atoms with Crippen molar-refractivity contribution >= 4 is 23.7 Å². The first-order valence-corrected chi connectivity index (χ1v) is 11.9. The van der Waals surface area contributed by atoms with E-state index in [9.17, 15) is 10.4 Å². The summed E-state index contributed by atoms with van der Waals surface area (Å²) in [6.07, 6.45) is 4.87. The fourth-order valence-electron chi connectivity index (χ4n) is 5.70. The average Bonchev–Trinajstić information content (AvgIpc) is 3.33. The van der Waals surface area contributed by atoms with Gasteiger partial charge in [0.15, 0.2) is 0 Å². The van der Waals surface area contributed by atoms with E-state index in [1.165, 1.54) is 17.3 Å². The van der Waals surface area contributed by atoms with Gasteiger partial charge in [-0.05, 0) is 66.9 Å². The molecule has 0 aliphatic carbocycles. The molecule has 3 aliphatic rings. The molecule has 0 bridgehead atoms. The molecule has 34 heavy (non-hydrogen) atoms. The topological polar surface area (TPSA) is 104 Å². The molecule has 0 saturated carbocycles. The minimum absolute atomic E-state index is 0.246. The first-order valence-electron chi connectivity index (χ1n) is 11.9. The van der Waals surface area contributed by atoms with Gasteiger partial charge in [0.25, 0.3) is 0 Å². The second kappa shape index (κ2) is 8.55. The van der Waals surface area contributed by atoms with Crippen LogP contribution in [0.4, 0.5) is 11.4 Å². The van der Waals surface area contributed by atoms with Gasteiger partial charge in [0.1, 0.15) is 0 Å². The Balaban J connectivity index is 1.43. The first kappa shape index (κ1) is 22.6. The second-order valence-corrected chi connectivity index (χ2v) is 10.1. The van der Waals surface area contributed by atoms with E-state index in [2.05, 4.69) is 45.9 Å². The van der Waals surface area contributed by atoms with Crippen molar-refractivity contribution in [2.24, 2.45) is 5.73 Å². The molecule has 4 atom stereocenters. The summed E-state index contributed by atoms with van der Waals surface area (Å²) in [6, 6.07) is 15.1. The summed E-state index contributed by atoms with van der Waals surface area (Å²) in [5.41, 5.74) is 11.8. The van der Waals surface area contributed by atoms with E-state index in [0.29, 0.717) is 30.7 Å². The van der Waals surface area contributed by atoms with Gasteiger partial charge in [-0.15, -0.1) is 0 Å². The van der Waals surface area contributed by atoms with Gasteiger partial charge in [-0.3, -0.25) is 4.90 Å². The van der Waals surface area contributed by atoms with Gasteiger partial charge >= 0.3 is 0 Å². The number of allylic oxidation sites excluding steroid dienone is 1. The molecular formula is C27H32N6O. The largest absolute Gasteiger partial charge is 0.387 e. The molecule has 7 heteroatoms. The lowest BCUT2D eigenvalue weighted by atomic mass is 9.99. The normalized spacial score (nSPS) is 28.7. The number of rotatable bonds is 4. The number of benzene rings is 2. The first-order chi connectivity index (χ1) is 16.3. The zero-order valence-corrected chi connectivity index (χ0v) is 19.8. The summed E-state index contributed by atoms with van der Waals surface area (Å²) in [4.78, 5) is 7.18. The van der Waals surface area contributed by atoms with Crippen LogP contribution >= 0.6 is 0 Å². The number of hydrogen-bond donors (Lipinski definition) is 3. The highest BCUT2D eigenvalue weighted by atomic mass is 16.3. The molecule has 0 spiro atoms.